The maximum Gasteiger partial charge on any atom is 0.142 e. The monoisotopic (exact) mass is 287 g/mol. The fourth-order valence-electron chi connectivity index (χ4n) is 2.49. The Balaban J connectivity index is 2.16. The van der Waals surface area contributed by atoms with Crippen LogP contribution in [0.15, 0.2) is 18.2 Å². The molecule has 2 heterocycles. The molecule has 0 spiro atoms. The van der Waals surface area contributed by atoms with E-state index >= 15 is 0 Å². The highest BCUT2D eigenvalue weighted by Gasteiger charge is 2.15. The van der Waals surface area contributed by atoms with Crippen LogP contribution in [0.2, 0.25) is 0 Å². The number of aromatic nitrogens is 2. The maximum absolute atomic E-state index is 5.46. The topological polar surface area (TPSA) is 49.9 Å². The molecule has 20 heavy (non-hydrogen) atoms. The quantitative estimate of drug-likeness (QED) is 0.834. The summed E-state index contributed by atoms with van der Waals surface area (Å²) in [6.07, 6.45) is 0.947. The number of methoxy groups -OCH3 is 1. The van der Waals surface area contributed by atoms with E-state index < -0.39 is 0 Å². The first-order valence-corrected chi connectivity index (χ1v) is 7.07. The van der Waals surface area contributed by atoms with Crippen molar-refractivity contribution in [2.45, 2.75) is 19.9 Å². The predicted molar refractivity (Wildman–Crippen MR) is 81.6 cm³/mol. The van der Waals surface area contributed by atoms with Crippen molar-refractivity contribution in [2.75, 3.05) is 13.7 Å². The summed E-state index contributed by atoms with van der Waals surface area (Å²) in [5, 5.41) is 3.32. The van der Waals surface area contributed by atoms with Crippen molar-refractivity contribution in [3.05, 3.63) is 39.7 Å². The van der Waals surface area contributed by atoms with Crippen LogP contribution < -0.4 is 10.1 Å². The molecule has 0 bridgehead atoms. The standard InChI is InChI=1S/C15H17N3OS/c1-9-3-4-10(13(7-9)19-2)14-17-12-5-6-16-8-11(12)15(20)18-14/h3-4,7,16H,5-6,8H2,1-2H3,(H,17,18,20). The maximum atomic E-state index is 5.46. The van der Waals surface area contributed by atoms with Crippen molar-refractivity contribution in [1.29, 1.82) is 0 Å². The molecule has 0 atom stereocenters. The summed E-state index contributed by atoms with van der Waals surface area (Å²) in [4.78, 5) is 7.95. The molecule has 2 N–H and O–H groups in total. The van der Waals surface area contributed by atoms with Gasteiger partial charge in [-0.25, -0.2) is 4.98 Å². The molecule has 1 aliphatic rings. The fraction of sp³-hybridized carbons (Fsp3) is 0.333. The number of hydrogen-bond acceptors (Lipinski definition) is 4. The molecule has 0 radical (unpaired) electrons. The van der Waals surface area contributed by atoms with E-state index in [-0.39, 0.29) is 0 Å². The van der Waals surface area contributed by atoms with Gasteiger partial charge in [0.15, 0.2) is 0 Å². The van der Waals surface area contributed by atoms with E-state index in [1.165, 1.54) is 5.69 Å². The third-order valence-electron chi connectivity index (χ3n) is 3.57. The largest absolute Gasteiger partial charge is 0.496 e. The van der Waals surface area contributed by atoms with E-state index in [9.17, 15) is 0 Å². The van der Waals surface area contributed by atoms with E-state index in [1.54, 1.807) is 7.11 Å². The number of aromatic amines is 1. The molecule has 104 valence electrons. The minimum atomic E-state index is 0.670. The molecule has 0 unspecified atom stereocenters. The van der Waals surface area contributed by atoms with Gasteiger partial charge in [0, 0.05) is 30.8 Å². The number of hydrogen-bond donors (Lipinski definition) is 2. The van der Waals surface area contributed by atoms with E-state index in [0.717, 1.165) is 47.8 Å². The zero-order valence-corrected chi connectivity index (χ0v) is 12.4. The van der Waals surface area contributed by atoms with Gasteiger partial charge in [-0.05, 0) is 24.6 Å². The van der Waals surface area contributed by atoms with Crippen LogP contribution in [0.3, 0.4) is 0 Å². The first-order valence-electron chi connectivity index (χ1n) is 6.67. The molecule has 0 saturated heterocycles. The Morgan fingerprint density at radius 2 is 2.20 bits per heavy atom. The van der Waals surface area contributed by atoms with Crippen LogP contribution >= 0.6 is 12.2 Å². The Labute approximate surface area is 123 Å². The lowest BCUT2D eigenvalue weighted by Gasteiger charge is -2.18. The smallest absolute Gasteiger partial charge is 0.142 e. The van der Waals surface area contributed by atoms with Gasteiger partial charge in [-0.15, -0.1) is 0 Å². The lowest BCUT2D eigenvalue weighted by atomic mass is 10.1. The highest BCUT2D eigenvalue weighted by Crippen LogP contribution is 2.29. The van der Waals surface area contributed by atoms with Crippen LogP contribution in [-0.2, 0) is 13.0 Å². The van der Waals surface area contributed by atoms with Crippen molar-refractivity contribution >= 4 is 12.2 Å². The Morgan fingerprint density at radius 1 is 1.35 bits per heavy atom. The number of H-pyrrole nitrogens is 1. The first-order chi connectivity index (χ1) is 9.69. The van der Waals surface area contributed by atoms with E-state index in [2.05, 4.69) is 21.4 Å². The lowest BCUT2D eigenvalue weighted by molar-refractivity contribution is 0.415. The summed E-state index contributed by atoms with van der Waals surface area (Å²) in [6.45, 7) is 3.80. The number of rotatable bonds is 2. The summed E-state index contributed by atoms with van der Waals surface area (Å²) in [7, 11) is 1.68. The van der Waals surface area contributed by atoms with Crippen LogP contribution in [0.5, 0.6) is 5.75 Å². The molecular formula is C15H17N3OS. The van der Waals surface area contributed by atoms with Crippen LogP contribution in [0.1, 0.15) is 16.8 Å². The third-order valence-corrected chi connectivity index (χ3v) is 3.91. The molecule has 0 fully saturated rings. The van der Waals surface area contributed by atoms with Crippen molar-refractivity contribution < 1.29 is 4.74 Å². The zero-order valence-electron chi connectivity index (χ0n) is 11.6. The summed E-state index contributed by atoms with van der Waals surface area (Å²) < 4.78 is 6.13. The van der Waals surface area contributed by atoms with Gasteiger partial charge >= 0.3 is 0 Å². The predicted octanol–water partition coefficient (Wildman–Crippen LogP) is 2.77. The Morgan fingerprint density at radius 3 is 3.00 bits per heavy atom. The van der Waals surface area contributed by atoms with Gasteiger partial charge in [0.2, 0.25) is 0 Å². The number of nitrogens with one attached hydrogen (secondary N) is 2. The van der Waals surface area contributed by atoms with Crippen molar-refractivity contribution in [1.82, 2.24) is 15.3 Å². The number of ether oxygens (including phenoxy) is 1. The van der Waals surface area contributed by atoms with Gasteiger partial charge in [0.05, 0.1) is 12.7 Å². The molecule has 0 saturated carbocycles. The van der Waals surface area contributed by atoms with Gasteiger partial charge in [-0.1, -0.05) is 18.3 Å². The molecule has 1 aromatic heterocycles. The summed E-state index contributed by atoms with van der Waals surface area (Å²) in [5.41, 5.74) is 4.40. The van der Waals surface area contributed by atoms with Crippen LogP contribution in [-0.4, -0.2) is 23.6 Å². The fourth-order valence-corrected chi connectivity index (χ4v) is 2.78. The average Bonchev–Trinajstić information content (AvgIpc) is 2.47. The van der Waals surface area contributed by atoms with Crippen molar-refractivity contribution in [3.63, 3.8) is 0 Å². The van der Waals surface area contributed by atoms with Gasteiger partial charge in [0.1, 0.15) is 16.2 Å². The Kier molecular flexibility index (Phi) is 3.54. The average molecular weight is 287 g/mol. The molecule has 5 heteroatoms. The summed E-state index contributed by atoms with van der Waals surface area (Å²) >= 11 is 5.42. The summed E-state index contributed by atoms with van der Waals surface area (Å²) in [5.74, 6) is 1.60. The second-order valence-corrected chi connectivity index (χ2v) is 5.36. The number of fused-ring (bicyclic) bond motifs is 1. The number of benzene rings is 1. The lowest BCUT2D eigenvalue weighted by Crippen LogP contribution is -2.25. The molecule has 3 rings (SSSR count). The zero-order chi connectivity index (χ0) is 14.1. The molecule has 4 nitrogen and oxygen atoms in total. The summed E-state index contributed by atoms with van der Waals surface area (Å²) in [6, 6.07) is 6.08. The van der Waals surface area contributed by atoms with Gasteiger partial charge in [0.25, 0.3) is 0 Å². The molecule has 0 aliphatic carbocycles. The van der Waals surface area contributed by atoms with E-state index in [0.29, 0.717) is 4.64 Å². The van der Waals surface area contributed by atoms with Gasteiger partial charge in [-0.3, -0.25) is 0 Å². The van der Waals surface area contributed by atoms with E-state index in [4.69, 9.17) is 17.0 Å². The van der Waals surface area contributed by atoms with Crippen molar-refractivity contribution in [2.24, 2.45) is 0 Å². The van der Waals surface area contributed by atoms with E-state index in [1.807, 2.05) is 19.1 Å². The second kappa shape index (κ2) is 5.34. The molecular weight excluding hydrogens is 270 g/mol. The SMILES string of the molecule is COc1cc(C)ccc1-c1nc(=S)c2c([nH]1)CCNC2. The Bertz CT molecular complexity index is 709. The van der Waals surface area contributed by atoms with Gasteiger partial charge in [-0.2, -0.15) is 0 Å². The molecule has 0 amide bonds. The highest BCUT2D eigenvalue weighted by atomic mass is 32.1. The van der Waals surface area contributed by atoms with Gasteiger partial charge < -0.3 is 15.0 Å². The van der Waals surface area contributed by atoms with Crippen LogP contribution in [0.25, 0.3) is 11.4 Å². The molecule has 2 aromatic rings. The third kappa shape index (κ3) is 2.34. The normalized spacial score (nSPS) is 13.9. The van der Waals surface area contributed by atoms with Crippen LogP contribution in [0.4, 0.5) is 0 Å². The highest BCUT2D eigenvalue weighted by molar-refractivity contribution is 7.71. The van der Waals surface area contributed by atoms with Crippen molar-refractivity contribution in [3.8, 4) is 17.1 Å². The number of nitrogens with zero attached hydrogens (tertiary/aromatic N) is 1. The number of aryl methyl sites for hydroxylation is 1. The molecule has 1 aliphatic heterocycles. The van der Waals surface area contributed by atoms with Crippen LogP contribution in [0, 0.1) is 11.6 Å². The molecule has 1 aromatic carbocycles. The minimum Gasteiger partial charge on any atom is -0.496 e. The minimum absolute atomic E-state index is 0.670. The first kappa shape index (κ1) is 13.3. The second-order valence-electron chi connectivity index (χ2n) is 4.98. The Hall–Kier alpha value is -1.72.